The quantitative estimate of drug-likeness (QED) is 0.805. The third kappa shape index (κ3) is 2.39. The molecule has 0 fully saturated rings. The second-order valence-electron chi connectivity index (χ2n) is 4.33. The number of benzene rings is 1. The van der Waals surface area contributed by atoms with E-state index < -0.39 is 5.97 Å². The number of carboxylic acids is 1. The third-order valence-corrected chi connectivity index (χ3v) is 4.91. The van der Waals surface area contributed by atoms with Crippen LogP contribution in [0, 0.1) is 0 Å². The van der Waals surface area contributed by atoms with Gasteiger partial charge in [-0.15, -0.1) is 11.3 Å². The van der Waals surface area contributed by atoms with Crippen LogP contribution in [0.25, 0.3) is 20.7 Å². The molecule has 0 saturated heterocycles. The van der Waals surface area contributed by atoms with Crippen LogP contribution >= 0.6 is 22.7 Å². The number of thiazole rings is 1. The Morgan fingerprint density at radius 2 is 2.10 bits per heavy atom. The molecular formula is C14H11NO3S2. The van der Waals surface area contributed by atoms with Crippen LogP contribution in [0.4, 0.5) is 0 Å². The van der Waals surface area contributed by atoms with Gasteiger partial charge in [0.25, 0.3) is 0 Å². The van der Waals surface area contributed by atoms with Gasteiger partial charge in [-0.1, -0.05) is 29.5 Å². The van der Waals surface area contributed by atoms with Crippen LogP contribution in [0.3, 0.4) is 0 Å². The third-order valence-electron chi connectivity index (χ3n) is 3.01. The number of thiophene rings is 1. The van der Waals surface area contributed by atoms with Crippen molar-refractivity contribution in [3.8, 4) is 10.6 Å². The fourth-order valence-corrected chi connectivity index (χ4v) is 4.00. The zero-order valence-corrected chi connectivity index (χ0v) is 12.0. The largest absolute Gasteiger partial charge is 0.481 e. The van der Waals surface area contributed by atoms with Gasteiger partial charge in [-0.2, -0.15) is 0 Å². The summed E-state index contributed by atoms with van der Waals surface area (Å²) in [4.78, 5) is 23.4. The number of fused-ring (bicyclic) bond motifs is 1. The lowest BCUT2D eigenvalue weighted by molar-refractivity contribution is -0.137. The van der Waals surface area contributed by atoms with Crippen LogP contribution in [-0.4, -0.2) is 15.6 Å². The molecule has 0 radical (unpaired) electrons. The Hall–Kier alpha value is -1.92. The molecule has 0 atom stereocenters. The zero-order chi connectivity index (χ0) is 14.1. The van der Waals surface area contributed by atoms with Crippen molar-refractivity contribution in [1.29, 1.82) is 0 Å². The second kappa shape index (κ2) is 5.22. The Kier molecular flexibility index (Phi) is 3.42. The summed E-state index contributed by atoms with van der Waals surface area (Å²) in [7, 11) is 0. The molecule has 0 aliphatic rings. The number of rotatable bonds is 4. The Morgan fingerprint density at radius 1 is 1.30 bits per heavy atom. The molecule has 0 unspecified atom stereocenters. The molecule has 0 aliphatic heterocycles. The number of carbonyl (C=O) groups is 1. The number of hydrogen-bond acceptors (Lipinski definition) is 4. The predicted octanol–water partition coefficient (Wildman–Crippen LogP) is 3.27. The van der Waals surface area contributed by atoms with Gasteiger partial charge in [-0.05, 0) is 17.5 Å². The van der Waals surface area contributed by atoms with Gasteiger partial charge in [0.2, 0.25) is 0 Å². The van der Waals surface area contributed by atoms with Gasteiger partial charge in [-0.25, -0.2) is 0 Å². The van der Waals surface area contributed by atoms with Crippen molar-refractivity contribution in [2.45, 2.75) is 13.0 Å². The lowest BCUT2D eigenvalue weighted by atomic mass is 10.2. The Balaban J connectivity index is 2.05. The van der Waals surface area contributed by atoms with Crippen LogP contribution < -0.4 is 4.87 Å². The van der Waals surface area contributed by atoms with Crippen molar-refractivity contribution in [3.05, 3.63) is 45.4 Å². The second-order valence-corrected chi connectivity index (χ2v) is 6.24. The van der Waals surface area contributed by atoms with E-state index in [2.05, 4.69) is 0 Å². The highest BCUT2D eigenvalue weighted by Crippen LogP contribution is 2.33. The molecule has 6 heteroatoms. The molecule has 0 amide bonds. The van der Waals surface area contributed by atoms with Crippen LogP contribution in [0.15, 0.2) is 40.5 Å². The monoisotopic (exact) mass is 305 g/mol. The summed E-state index contributed by atoms with van der Waals surface area (Å²) < 4.78 is 2.70. The maximum absolute atomic E-state index is 11.8. The van der Waals surface area contributed by atoms with Crippen LogP contribution in [0.5, 0.6) is 0 Å². The summed E-state index contributed by atoms with van der Waals surface area (Å²) in [6.07, 6.45) is -0.0471. The summed E-state index contributed by atoms with van der Waals surface area (Å²) in [5.74, 6) is -0.898. The molecule has 2 aromatic heterocycles. The van der Waals surface area contributed by atoms with E-state index in [4.69, 9.17) is 5.11 Å². The number of nitrogens with zero attached hydrogens (tertiary/aromatic N) is 1. The summed E-state index contributed by atoms with van der Waals surface area (Å²) in [5.41, 5.74) is 0.808. The minimum atomic E-state index is -0.898. The van der Waals surface area contributed by atoms with E-state index in [1.807, 2.05) is 30.3 Å². The maximum Gasteiger partial charge on any atom is 0.307 e. The summed E-state index contributed by atoms with van der Waals surface area (Å²) >= 11 is 2.72. The first kappa shape index (κ1) is 13.1. The van der Waals surface area contributed by atoms with Gasteiger partial charge in [0.05, 0.1) is 17.0 Å². The SMILES string of the molecule is O=C(O)CCn1c(-c2cc3ccccc3s2)csc1=O. The Bertz CT molecular complexity index is 795. The molecule has 4 nitrogen and oxygen atoms in total. The fourth-order valence-electron chi connectivity index (χ4n) is 2.05. The molecule has 102 valence electrons. The maximum atomic E-state index is 11.8. The van der Waals surface area contributed by atoms with E-state index >= 15 is 0 Å². The molecule has 1 aromatic carbocycles. The zero-order valence-electron chi connectivity index (χ0n) is 10.4. The summed E-state index contributed by atoms with van der Waals surface area (Å²) in [6.45, 7) is 0.210. The van der Waals surface area contributed by atoms with Crippen molar-refractivity contribution in [2.75, 3.05) is 0 Å². The highest BCUT2D eigenvalue weighted by atomic mass is 32.1. The predicted molar refractivity (Wildman–Crippen MR) is 81.7 cm³/mol. The van der Waals surface area contributed by atoms with Gasteiger partial charge < -0.3 is 5.11 Å². The molecule has 3 aromatic rings. The van der Waals surface area contributed by atoms with Gasteiger partial charge >= 0.3 is 10.8 Å². The highest BCUT2D eigenvalue weighted by Gasteiger charge is 2.12. The summed E-state index contributed by atoms with van der Waals surface area (Å²) in [6, 6.07) is 10.1. The molecular weight excluding hydrogens is 294 g/mol. The van der Waals surface area contributed by atoms with E-state index in [9.17, 15) is 9.59 Å². The molecule has 2 heterocycles. The van der Waals surface area contributed by atoms with E-state index in [0.29, 0.717) is 0 Å². The standard InChI is InChI=1S/C14H11NO3S2/c16-13(17)5-6-15-10(8-19-14(15)18)12-7-9-3-1-2-4-11(9)20-12/h1-4,7-8H,5-6H2,(H,16,17). The molecule has 0 bridgehead atoms. The van der Waals surface area contributed by atoms with E-state index in [-0.39, 0.29) is 17.8 Å². The lowest BCUT2D eigenvalue weighted by Gasteiger charge is -2.03. The fraction of sp³-hybridized carbons (Fsp3) is 0.143. The minimum absolute atomic E-state index is 0.0471. The molecule has 0 saturated carbocycles. The average molecular weight is 305 g/mol. The average Bonchev–Trinajstić information content (AvgIpc) is 2.99. The first-order chi connectivity index (χ1) is 9.65. The Morgan fingerprint density at radius 3 is 2.85 bits per heavy atom. The van der Waals surface area contributed by atoms with E-state index in [0.717, 1.165) is 32.0 Å². The van der Waals surface area contributed by atoms with Crippen LogP contribution in [0.2, 0.25) is 0 Å². The minimum Gasteiger partial charge on any atom is -0.481 e. The lowest BCUT2D eigenvalue weighted by Crippen LogP contribution is -2.16. The molecule has 20 heavy (non-hydrogen) atoms. The smallest absolute Gasteiger partial charge is 0.307 e. The topological polar surface area (TPSA) is 59.3 Å². The number of hydrogen-bond donors (Lipinski definition) is 1. The highest BCUT2D eigenvalue weighted by molar-refractivity contribution is 7.22. The Labute approximate surface area is 122 Å². The van der Waals surface area contributed by atoms with Gasteiger partial charge in [0, 0.05) is 16.6 Å². The summed E-state index contributed by atoms with van der Waals surface area (Å²) in [5, 5.41) is 11.7. The van der Waals surface area contributed by atoms with Crippen LogP contribution in [-0.2, 0) is 11.3 Å². The van der Waals surface area contributed by atoms with E-state index in [1.54, 1.807) is 21.3 Å². The number of aromatic nitrogens is 1. The molecule has 0 aliphatic carbocycles. The molecule has 1 N–H and O–H groups in total. The number of aliphatic carboxylic acids is 1. The van der Waals surface area contributed by atoms with Crippen molar-refractivity contribution in [2.24, 2.45) is 0 Å². The first-order valence-corrected chi connectivity index (χ1v) is 7.74. The van der Waals surface area contributed by atoms with Gasteiger partial charge in [0.1, 0.15) is 0 Å². The first-order valence-electron chi connectivity index (χ1n) is 6.04. The molecule has 3 rings (SSSR count). The van der Waals surface area contributed by atoms with Gasteiger partial charge in [0.15, 0.2) is 0 Å². The molecule has 0 spiro atoms. The number of carboxylic acid groups (broad SMARTS) is 1. The van der Waals surface area contributed by atoms with Crippen molar-refractivity contribution in [1.82, 2.24) is 4.57 Å². The van der Waals surface area contributed by atoms with Gasteiger partial charge in [-0.3, -0.25) is 14.2 Å². The van der Waals surface area contributed by atoms with Crippen LogP contribution in [0.1, 0.15) is 6.42 Å². The van der Waals surface area contributed by atoms with Crippen molar-refractivity contribution >= 4 is 38.7 Å². The normalized spacial score (nSPS) is 11.0. The van der Waals surface area contributed by atoms with Crippen molar-refractivity contribution in [3.63, 3.8) is 0 Å². The van der Waals surface area contributed by atoms with E-state index in [1.165, 1.54) is 0 Å². The van der Waals surface area contributed by atoms with Crippen molar-refractivity contribution < 1.29 is 9.90 Å².